The number of carbonyl (C=O) groups excluding carboxylic acids is 1. The first-order valence-electron chi connectivity index (χ1n) is 9.04. The molecule has 0 spiro atoms. The number of carbonyl (C=O) groups is 1. The lowest BCUT2D eigenvalue weighted by Gasteiger charge is -2.25. The molecular weight excluding hydrogens is 390 g/mol. The first kappa shape index (κ1) is 20.4. The van der Waals surface area contributed by atoms with Crippen molar-refractivity contribution < 1.29 is 14.5 Å². The number of thioether (sulfide) groups is 1. The monoisotopic (exact) mass is 409 g/mol. The van der Waals surface area contributed by atoms with E-state index in [2.05, 4.69) is 11.4 Å². The van der Waals surface area contributed by atoms with E-state index in [0.29, 0.717) is 23.0 Å². The number of rotatable bonds is 7. The number of allylic oxidation sites excluding steroid dienone is 1. The molecule has 0 radical (unpaired) electrons. The van der Waals surface area contributed by atoms with Crippen LogP contribution in [-0.2, 0) is 10.5 Å². The smallest absolute Gasteiger partial charge is 0.269 e. The first-order valence-corrected chi connectivity index (χ1v) is 10.0. The van der Waals surface area contributed by atoms with E-state index in [1.165, 1.54) is 23.9 Å². The summed E-state index contributed by atoms with van der Waals surface area (Å²) in [6.45, 7) is 2.47. The minimum Gasteiger partial charge on any atom is -0.494 e. The normalized spacial score (nSPS) is 16.1. The summed E-state index contributed by atoms with van der Waals surface area (Å²) in [6.07, 6.45) is 0.207. The highest BCUT2D eigenvalue weighted by atomic mass is 32.2. The van der Waals surface area contributed by atoms with E-state index in [1.807, 2.05) is 31.2 Å². The van der Waals surface area contributed by atoms with Crippen molar-refractivity contribution in [3.63, 3.8) is 0 Å². The van der Waals surface area contributed by atoms with Crippen molar-refractivity contribution >= 4 is 23.4 Å². The number of amides is 1. The average Bonchev–Trinajstić information content (AvgIpc) is 2.73. The van der Waals surface area contributed by atoms with E-state index in [-0.39, 0.29) is 23.9 Å². The van der Waals surface area contributed by atoms with Gasteiger partial charge in [0.05, 0.1) is 28.2 Å². The highest BCUT2D eigenvalue weighted by Crippen LogP contribution is 2.37. The second kappa shape index (κ2) is 9.26. The van der Waals surface area contributed by atoms with Crippen LogP contribution in [0.25, 0.3) is 0 Å². The van der Waals surface area contributed by atoms with Crippen molar-refractivity contribution in [1.29, 1.82) is 5.26 Å². The lowest BCUT2D eigenvalue weighted by Crippen LogP contribution is -2.30. The molecule has 2 aromatic rings. The molecule has 1 amide bonds. The molecule has 1 atom stereocenters. The molecule has 0 aliphatic carbocycles. The fourth-order valence-electron chi connectivity index (χ4n) is 3.05. The number of nitrogens with one attached hydrogen (secondary N) is 1. The Morgan fingerprint density at radius 2 is 1.93 bits per heavy atom. The van der Waals surface area contributed by atoms with E-state index in [4.69, 9.17) is 4.74 Å². The van der Waals surface area contributed by atoms with E-state index >= 15 is 0 Å². The number of nitrogens with zero attached hydrogens (tertiary/aromatic N) is 2. The topological polar surface area (TPSA) is 105 Å². The van der Waals surface area contributed by atoms with Crippen LogP contribution in [-0.4, -0.2) is 17.4 Å². The van der Waals surface area contributed by atoms with Crippen LogP contribution in [0.5, 0.6) is 5.75 Å². The van der Waals surface area contributed by atoms with Crippen LogP contribution in [0, 0.1) is 21.4 Å². The molecule has 8 heteroatoms. The highest BCUT2D eigenvalue weighted by Gasteiger charge is 2.29. The van der Waals surface area contributed by atoms with Crippen LogP contribution in [0.1, 0.15) is 30.4 Å². The maximum absolute atomic E-state index is 12.3. The van der Waals surface area contributed by atoms with E-state index in [0.717, 1.165) is 16.9 Å². The number of hydrogen-bond donors (Lipinski definition) is 1. The molecule has 1 N–H and O–H groups in total. The largest absolute Gasteiger partial charge is 0.494 e. The predicted octanol–water partition coefficient (Wildman–Crippen LogP) is 4.27. The van der Waals surface area contributed by atoms with E-state index in [1.54, 1.807) is 12.1 Å². The Bertz CT molecular complexity index is 978. The quantitative estimate of drug-likeness (QED) is 0.541. The molecule has 1 heterocycles. The summed E-state index contributed by atoms with van der Waals surface area (Å²) in [5.41, 5.74) is 2.29. The Kier molecular flexibility index (Phi) is 6.52. The lowest BCUT2D eigenvalue weighted by atomic mass is 9.87. The Morgan fingerprint density at radius 1 is 1.24 bits per heavy atom. The minimum absolute atomic E-state index is 0.0252. The Balaban J connectivity index is 1.80. The molecule has 2 aromatic carbocycles. The van der Waals surface area contributed by atoms with Gasteiger partial charge in [0.1, 0.15) is 5.75 Å². The third kappa shape index (κ3) is 4.95. The van der Waals surface area contributed by atoms with Crippen molar-refractivity contribution in [1.82, 2.24) is 5.32 Å². The highest BCUT2D eigenvalue weighted by molar-refractivity contribution is 8.02. The maximum Gasteiger partial charge on any atom is 0.269 e. The Morgan fingerprint density at radius 3 is 2.52 bits per heavy atom. The van der Waals surface area contributed by atoms with Crippen molar-refractivity contribution in [2.45, 2.75) is 25.0 Å². The zero-order valence-electron chi connectivity index (χ0n) is 15.8. The fourth-order valence-corrected chi connectivity index (χ4v) is 4.08. The standard InChI is InChI=1S/C21H19N3O4S/c1-2-28-17-9-5-15(6-10-17)18-11-20(25)23-21(19(18)12-22)29-13-14-3-7-16(8-4-14)24(26)27/h3-10,18H,2,11,13H2,1H3,(H,23,25)/t18-/m1/s1. The molecule has 7 nitrogen and oxygen atoms in total. The molecule has 1 aliphatic heterocycles. The summed E-state index contributed by atoms with van der Waals surface area (Å²) >= 11 is 1.34. The van der Waals surface area contributed by atoms with Crippen LogP contribution in [0.15, 0.2) is 59.1 Å². The number of hydrogen-bond acceptors (Lipinski definition) is 6. The zero-order valence-corrected chi connectivity index (χ0v) is 16.6. The number of non-ortho nitro benzene ring substituents is 1. The van der Waals surface area contributed by atoms with Crippen LogP contribution in [0.3, 0.4) is 0 Å². The third-order valence-electron chi connectivity index (χ3n) is 4.48. The van der Waals surface area contributed by atoms with Gasteiger partial charge < -0.3 is 10.1 Å². The molecule has 0 bridgehead atoms. The number of nitriles is 1. The molecule has 0 fully saturated rings. The molecule has 3 rings (SSSR count). The van der Waals surface area contributed by atoms with Gasteiger partial charge in [0.2, 0.25) is 5.91 Å². The van der Waals surface area contributed by atoms with E-state index in [9.17, 15) is 20.2 Å². The van der Waals surface area contributed by atoms with Crippen molar-refractivity contribution in [2.75, 3.05) is 6.61 Å². The van der Waals surface area contributed by atoms with Gasteiger partial charge in [-0.05, 0) is 30.2 Å². The summed E-state index contributed by atoms with van der Waals surface area (Å²) in [5.74, 6) is 0.763. The molecule has 148 valence electrons. The van der Waals surface area contributed by atoms with E-state index < -0.39 is 4.92 Å². The van der Waals surface area contributed by atoms with Gasteiger partial charge >= 0.3 is 0 Å². The summed E-state index contributed by atoms with van der Waals surface area (Å²) in [7, 11) is 0. The number of nitro groups is 1. The summed E-state index contributed by atoms with van der Waals surface area (Å²) in [6, 6.07) is 15.9. The van der Waals surface area contributed by atoms with Gasteiger partial charge in [0, 0.05) is 30.2 Å². The summed E-state index contributed by atoms with van der Waals surface area (Å²) in [5, 5.41) is 23.8. The third-order valence-corrected chi connectivity index (χ3v) is 5.57. The second-order valence-corrected chi connectivity index (χ2v) is 7.36. The number of benzene rings is 2. The summed E-state index contributed by atoms with van der Waals surface area (Å²) < 4.78 is 5.45. The number of nitro benzene ring substituents is 1. The SMILES string of the molecule is CCOc1ccc([C@H]2CC(=O)NC(SCc3ccc([N+](=O)[O-])cc3)=C2C#N)cc1. The van der Waals surface area contributed by atoms with Crippen LogP contribution in [0.4, 0.5) is 5.69 Å². The van der Waals surface area contributed by atoms with Crippen LogP contribution < -0.4 is 10.1 Å². The van der Waals surface area contributed by atoms with Gasteiger partial charge in [0.25, 0.3) is 5.69 Å². The van der Waals surface area contributed by atoms with Crippen LogP contribution in [0.2, 0.25) is 0 Å². The summed E-state index contributed by atoms with van der Waals surface area (Å²) in [4.78, 5) is 22.6. The van der Waals surface area contributed by atoms with Gasteiger partial charge in [-0.2, -0.15) is 5.26 Å². The van der Waals surface area contributed by atoms with Crippen LogP contribution >= 0.6 is 11.8 Å². The minimum atomic E-state index is -0.448. The molecule has 0 saturated heterocycles. The van der Waals surface area contributed by atoms with Gasteiger partial charge in [-0.25, -0.2) is 0 Å². The van der Waals surface area contributed by atoms with Gasteiger partial charge in [0.15, 0.2) is 0 Å². The molecule has 0 unspecified atom stereocenters. The first-order chi connectivity index (χ1) is 14.0. The van der Waals surface area contributed by atoms with Crippen molar-refractivity contribution in [3.8, 4) is 11.8 Å². The second-order valence-electron chi connectivity index (χ2n) is 6.37. The number of ether oxygens (including phenoxy) is 1. The predicted molar refractivity (Wildman–Crippen MR) is 110 cm³/mol. The molecule has 0 saturated carbocycles. The van der Waals surface area contributed by atoms with Crippen molar-refractivity contribution in [2.24, 2.45) is 0 Å². The van der Waals surface area contributed by atoms with Gasteiger partial charge in [-0.3, -0.25) is 14.9 Å². The Hall–Kier alpha value is -3.31. The van der Waals surface area contributed by atoms with Gasteiger partial charge in [-0.15, -0.1) is 11.8 Å². The maximum atomic E-state index is 12.3. The van der Waals surface area contributed by atoms with Gasteiger partial charge in [-0.1, -0.05) is 24.3 Å². The molecule has 0 aromatic heterocycles. The zero-order chi connectivity index (χ0) is 20.8. The van der Waals surface area contributed by atoms with Crippen molar-refractivity contribution in [3.05, 3.63) is 80.4 Å². The fraction of sp³-hybridized carbons (Fsp3) is 0.238. The Labute approximate surface area is 172 Å². The molecular formula is C21H19N3O4S. The lowest BCUT2D eigenvalue weighted by molar-refractivity contribution is -0.384. The molecule has 1 aliphatic rings. The molecule has 29 heavy (non-hydrogen) atoms. The average molecular weight is 409 g/mol.